The number of halogens is 2. The number of non-ortho nitro benzene ring substituents is 1. The molecule has 0 radical (unpaired) electrons. The van der Waals surface area contributed by atoms with Crippen molar-refractivity contribution < 1.29 is 24.0 Å². The van der Waals surface area contributed by atoms with E-state index in [2.05, 4.69) is 5.32 Å². The van der Waals surface area contributed by atoms with Crippen LogP contribution in [0.3, 0.4) is 0 Å². The summed E-state index contributed by atoms with van der Waals surface area (Å²) in [6, 6.07) is 10.6. The maximum Gasteiger partial charge on any atom is 0.344 e. The molecule has 160 valence electrons. The molecule has 11 heteroatoms. The highest BCUT2D eigenvalue weighted by Gasteiger charge is 2.15. The smallest absolute Gasteiger partial charge is 0.344 e. The lowest BCUT2D eigenvalue weighted by molar-refractivity contribution is -0.384. The van der Waals surface area contributed by atoms with Gasteiger partial charge in [0.15, 0.2) is 6.61 Å². The highest BCUT2D eigenvalue weighted by atomic mass is 127. The predicted molar refractivity (Wildman–Crippen MR) is 129 cm³/mol. The third-order valence-electron chi connectivity index (χ3n) is 3.65. The number of nitro benzene ring substituents is 1. The van der Waals surface area contributed by atoms with Crippen LogP contribution in [0.25, 0.3) is 6.08 Å². The Balaban J connectivity index is 2.21. The topological polar surface area (TPSA) is 132 Å². The number of nitrogens with one attached hydrogen (secondary N) is 1. The summed E-state index contributed by atoms with van der Waals surface area (Å²) in [5.41, 5.74) is 0.413. The fraction of sp³-hybridized carbons (Fsp3) is 0.150. The van der Waals surface area contributed by atoms with Crippen molar-refractivity contribution in [3.05, 3.63) is 64.8 Å². The molecule has 0 saturated heterocycles. The predicted octanol–water partition coefficient (Wildman–Crippen LogP) is 4.29. The van der Waals surface area contributed by atoms with Crippen LogP contribution in [-0.2, 0) is 14.3 Å². The Kier molecular flexibility index (Phi) is 9.19. The average Bonchev–Trinajstić information content (AvgIpc) is 2.71. The Morgan fingerprint density at radius 2 is 1.94 bits per heavy atom. The molecule has 1 N–H and O–H groups in total. The molecule has 0 atom stereocenters. The van der Waals surface area contributed by atoms with Gasteiger partial charge in [-0.2, -0.15) is 5.26 Å². The molecule has 2 rings (SSSR count). The van der Waals surface area contributed by atoms with Gasteiger partial charge in [-0.05, 0) is 81.9 Å². The van der Waals surface area contributed by atoms with E-state index in [0.29, 0.717) is 18.5 Å². The first-order valence-corrected chi connectivity index (χ1v) is 10.9. The van der Waals surface area contributed by atoms with Gasteiger partial charge in [-0.1, -0.05) is 6.07 Å². The zero-order chi connectivity index (χ0) is 23.0. The number of anilines is 1. The Labute approximate surface area is 204 Å². The fourth-order valence-electron chi connectivity index (χ4n) is 2.35. The molecule has 0 aromatic heterocycles. The van der Waals surface area contributed by atoms with E-state index in [1.165, 1.54) is 30.3 Å². The lowest BCUT2D eigenvalue weighted by Gasteiger charge is -2.11. The second kappa shape index (κ2) is 11.6. The first-order chi connectivity index (χ1) is 14.7. The molecule has 0 aliphatic rings. The molecule has 2 aromatic carbocycles. The van der Waals surface area contributed by atoms with Crippen molar-refractivity contribution in [3.8, 4) is 11.8 Å². The molecule has 9 nitrogen and oxygen atoms in total. The molecule has 0 saturated carbocycles. The van der Waals surface area contributed by atoms with Gasteiger partial charge < -0.3 is 14.8 Å². The van der Waals surface area contributed by atoms with E-state index in [1.807, 2.05) is 51.3 Å². The molecular weight excluding hydrogens is 632 g/mol. The molecule has 0 bridgehead atoms. The van der Waals surface area contributed by atoms with Gasteiger partial charge in [0.1, 0.15) is 17.4 Å². The number of nitro groups is 1. The lowest BCUT2D eigenvalue weighted by atomic mass is 10.1. The van der Waals surface area contributed by atoms with Gasteiger partial charge in [0.2, 0.25) is 0 Å². The maximum absolute atomic E-state index is 12.5. The van der Waals surface area contributed by atoms with Gasteiger partial charge in [0.25, 0.3) is 11.6 Å². The standard InChI is InChI=1S/C20H15I2N3O6/c1-2-30-18(26)11-31-19-16(21)7-12(8-17(19)22)6-13(10-23)20(27)24-14-4-3-5-15(9-14)25(28)29/h3-9H,2,11H2,1H3,(H,24,27)/b13-6+. The Hall–Kier alpha value is -2.73. The van der Waals surface area contributed by atoms with Crippen molar-refractivity contribution in [3.63, 3.8) is 0 Å². The SMILES string of the molecule is CCOC(=O)COc1c(I)cc(/C=C(\C#N)C(=O)Nc2cccc([N+](=O)[O-])c2)cc1I. The van der Waals surface area contributed by atoms with E-state index in [-0.39, 0.29) is 30.2 Å². The van der Waals surface area contributed by atoms with Crippen molar-refractivity contribution >= 4 is 74.5 Å². The summed E-state index contributed by atoms with van der Waals surface area (Å²) in [7, 11) is 0. The highest BCUT2D eigenvalue weighted by molar-refractivity contribution is 14.1. The van der Waals surface area contributed by atoms with Gasteiger partial charge in [0.05, 0.1) is 18.7 Å². The second-order valence-electron chi connectivity index (χ2n) is 5.84. The van der Waals surface area contributed by atoms with Gasteiger partial charge in [-0.25, -0.2) is 4.79 Å². The summed E-state index contributed by atoms with van der Waals surface area (Å²) < 4.78 is 11.7. The monoisotopic (exact) mass is 647 g/mol. The van der Waals surface area contributed by atoms with Gasteiger partial charge >= 0.3 is 5.97 Å². The van der Waals surface area contributed by atoms with Crippen LogP contribution in [0.15, 0.2) is 42.0 Å². The quantitative estimate of drug-likeness (QED) is 0.113. The molecule has 0 heterocycles. The van der Waals surface area contributed by atoms with Crippen molar-refractivity contribution in [2.24, 2.45) is 0 Å². The van der Waals surface area contributed by atoms with Gasteiger partial charge in [0, 0.05) is 17.8 Å². The van der Waals surface area contributed by atoms with Crippen LogP contribution in [0.2, 0.25) is 0 Å². The molecule has 0 aliphatic heterocycles. The second-order valence-corrected chi connectivity index (χ2v) is 8.16. The van der Waals surface area contributed by atoms with Crippen molar-refractivity contribution in [1.82, 2.24) is 0 Å². The van der Waals surface area contributed by atoms with Crippen LogP contribution in [0.5, 0.6) is 5.75 Å². The lowest BCUT2D eigenvalue weighted by Crippen LogP contribution is -2.15. The first-order valence-electron chi connectivity index (χ1n) is 8.70. The molecule has 0 spiro atoms. The van der Waals surface area contributed by atoms with Crippen LogP contribution >= 0.6 is 45.2 Å². The summed E-state index contributed by atoms with van der Waals surface area (Å²) in [4.78, 5) is 34.2. The number of esters is 1. The zero-order valence-electron chi connectivity index (χ0n) is 16.1. The van der Waals surface area contributed by atoms with Crippen LogP contribution in [-0.4, -0.2) is 30.0 Å². The maximum atomic E-state index is 12.5. The normalized spacial score (nSPS) is 10.7. The number of amides is 1. The Morgan fingerprint density at radius 3 is 2.52 bits per heavy atom. The minimum absolute atomic E-state index is 0.178. The summed E-state index contributed by atoms with van der Waals surface area (Å²) in [6.07, 6.45) is 1.39. The van der Waals surface area contributed by atoms with E-state index in [1.54, 1.807) is 19.1 Å². The van der Waals surface area contributed by atoms with Gasteiger partial charge in [-0.15, -0.1) is 0 Å². The molecular formula is C20H15I2N3O6. The van der Waals surface area contributed by atoms with Crippen molar-refractivity contribution in [2.45, 2.75) is 6.92 Å². The molecule has 2 aromatic rings. The fourth-order valence-corrected chi connectivity index (χ4v) is 4.47. The number of carbonyl (C=O) groups is 2. The van der Waals surface area contributed by atoms with E-state index in [4.69, 9.17) is 9.47 Å². The third-order valence-corrected chi connectivity index (χ3v) is 5.25. The number of nitriles is 1. The van der Waals surface area contributed by atoms with E-state index < -0.39 is 16.8 Å². The number of nitrogens with zero attached hydrogens (tertiary/aromatic N) is 2. The number of hydrogen-bond donors (Lipinski definition) is 1. The Morgan fingerprint density at radius 1 is 1.26 bits per heavy atom. The van der Waals surface area contributed by atoms with Gasteiger partial charge in [-0.3, -0.25) is 14.9 Å². The number of benzene rings is 2. The first kappa shape index (κ1) is 24.5. The molecule has 0 aliphatic carbocycles. The molecule has 1 amide bonds. The summed E-state index contributed by atoms with van der Waals surface area (Å²) in [6.45, 7) is 1.73. The zero-order valence-corrected chi connectivity index (χ0v) is 20.4. The van der Waals surface area contributed by atoms with Crippen LogP contribution in [0.1, 0.15) is 12.5 Å². The van der Waals surface area contributed by atoms with Crippen LogP contribution in [0, 0.1) is 28.6 Å². The molecule has 0 fully saturated rings. The van der Waals surface area contributed by atoms with Crippen molar-refractivity contribution in [2.75, 3.05) is 18.5 Å². The summed E-state index contributed by atoms with van der Waals surface area (Å²) >= 11 is 4.05. The Bertz CT molecular complexity index is 1070. The average molecular weight is 647 g/mol. The number of carbonyl (C=O) groups excluding carboxylic acids is 2. The third kappa shape index (κ3) is 7.17. The van der Waals surface area contributed by atoms with E-state index in [9.17, 15) is 25.0 Å². The minimum Gasteiger partial charge on any atom is -0.480 e. The van der Waals surface area contributed by atoms with Crippen LogP contribution in [0.4, 0.5) is 11.4 Å². The summed E-state index contributed by atoms with van der Waals surface area (Å²) in [5, 5.41) is 22.7. The molecule has 31 heavy (non-hydrogen) atoms. The van der Waals surface area contributed by atoms with Crippen LogP contribution < -0.4 is 10.1 Å². The van der Waals surface area contributed by atoms with E-state index >= 15 is 0 Å². The van der Waals surface area contributed by atoms with Crippen molar-refractivity contribution in [1.29, 1.82) is 5.26 Å². The highest BCUT2D eigenvalue weighted by Crippen LogP contribution is 2.30. The van der Waals surface area contributed by atoms with E-state index in [0.717, 1.165) is 0 Å². The summed E-state index contributed by atoms with van der Waals surface area (Å²) in [5.74, 6) is -0.690. The number of hydrogen-bond acceptors (Lipinski definition) is 7. The minimum atomic E-state index is -0.698. The number of rotatable bonds is 8. The largest absolute Gasteiger partial charge is 0.480 e. The molecule has 0 unspecified atom stereocenters. The number of ether oxygens (including phenoxy) is 2.